The molecule has 0 aromatic carbocycles. The van der Waals surface area contributed by atoms with Gasteiger partial charge in [-0.15, -0.1) is 0 Å². The Morgan fingerprint density at radius 1 is 1.53 bits per heavy atom. The number of amides is 1. The van der Waals surface area contributed by atoms with E-state index in [0.29, 0.717) is 30.9 Å². The lowest BCUT2D eigenvalue weighted by Crippen LogP contribution is -2.46. The maximum absolute atomic E-state index is 12.1. The lowest BCUT2D eigenvalue weighted by molar-refractivity contribution is 0.00934. The summed E-state index contributed by atoms with van der Waals surface area (Å²) in [6, 6.07) is 0.0102. The Balaban J connectivity index is 2.16. The Hall–Kier alpha value is -1.85. The Bertz CT molecular complexity index is 502. The fourth-order valence-electron chi connectivity index (χ4n) is 2.07. The van der Waals surface area contributed by atoms with Crippen molar-refractivity contribution in [3.8, 4) is 0 Å². The zero-order valence-corrected chi connectivity index (χ0v) is 11.7. The largest absolute Gasteiger partial charge is 0.444 e. The summed E-state index contributed by atoms with van der Waals surface area (Å²) >= 11 is 0. The van der Waals surface area contributed by atoms with Gasteiger partial charge in [-0.25, -0.2) is 9.78 Å². The molecule has 1 aromatic heterocycles. The van der Waals surface area contributed by atoms with Gasteiger partial charge in [-0.05, 0) is 27.7 Å². The molecule has 1 amide bonds. The van der Waals surface area contributed by atoms with E-state index in [0.717, 1.165) is 0 Å². The molecular formula is C13H19N3O3. The minimum Gasteiger partial charge on any atom is -0.444 e. The highest BCUT2D eigenvalue weighted by atomic mass is 16.6. The molecule has 0 fully saturated rings. The van der Waals surface area contributed by atoms with Crippen LogP contribution in [0.3, 0.4) is 0 Å². The highest BCUT2D eigenvalue weighted by Gasteiger charge is 2.31. The summed E-state index contributed by atoms with van der Waals surface area (Å²) in [4.78, 5) is 28.7. The zero-order chi connectivity index (χ0) is 14.2. The number of aldehydes is 1. The van der Waals surface area contributed by atoms with E-state index in [-0.39, 0.29) is 12.1 Å². The summed E-state index contributed by atoms with van der Waals surface area (Å²) in [5.74, 6) is 0.714. The van der Waals surface area contributed by atoms with Crippen molar-refractivity contribution in [3.63, 3.8) is 0 Å². The summed E-state index contributed by atoms with van der Waals surface area (Å²) in [7, 11) is 0. The summed E-state index contributed by atoms with van der Waals surface area (Å²) in [6.45, 7) is 8.45. The third kappa shape index (κ3) is 2.94. The molecule has 1 unspecified atom stereocenters. The van der Waals surface area contributed by atoms with Gasteiger partial charge >= 0.3 is 6.09 Å². The molecule has 2 rings (SSSR count). The molecule has 19 heavy (non-hydrogen) atoms. The predicted molar refractivity (Wildman–Crippen MR) is 68.9 cm³/mol. The van der Waals surface area contributed by atoms with Crippen molar-refractivity contribution < 1.29 is 14.3 Å². The van der Waals surface area contributed by atoms with Crippen LogP contribution >= 0.6 is 0 Å². The van der Waals surface area contributed by atoms with Crippen LogP contribution in [0.25, 0.3) is 0 Å². The number of carbonyl (C=O) groups excluding carboxylic acids is 2. The van der Waals surface area contributed by atoms with Crippen molar-refractivity contribution in [2.45, 2.75) is 52.4 Å². The van der Waals surface area contributed by atoms with Gasteiger partial charge in [-0.3, -0.25) is 9.69 Å². The van der Waals surface area contributed by atoms with E-state index in [1.807, 2.05) is 32.3 Å². The maximum atomic E-state index is 12.1. The minimum atomic E-state index is -0.516. The van der Waals surface area contributed by atoms with Crippen LogP contribution in [0.2, 0.25) is 0 Å². The van der Waals surface area contributed by atoms with E-state index in [4.69, 9.17) is 4.74 Å². The fraction of sp³-hybridized carbons (Fsp3) is 0.615. The SMILES string of the molecule is CC1Cn2cc(C=O)nc2CN1C(=O)OC(C)(C)C. The van der Waals surface area contributed by atoms with Gasteiger partial charge in [0.25, 0.3) is 0 Å². The van der Waals surface area contributed by atoms with Crippen molar-refractivity contribution in [2.75, 3.05) is 0 Å². The average molecular weight is 265 g/mol. The lowest BCUT2D eigenvalue weighted by atomic mass is 10.2. The van der Waals surface area contributed by atoms with Gasteiger partial charge in [-0.1, -0.05) is 0 Å². The third-order valence-electron chi connectivity index (χ3n) is 2.93. The highest BCUT2D eigenvalue weighted by molar-refractivity contribution is 5.72. The smallest absolute Gasteiger partial charge is 0.411 e. The van der Waals surface area contributed by atoms with E-state index in [2.05, 4.69) is 4.98 Å². The first-order valence-corrected chi connectivity index (χ1v) is 6.31. The Kier molecular flexibility index (Phi) is 3.34. The molecule has 1 aliphatic heterocycles. The van der Waals surface area contributed by atoms with Gasteiger partial charge in [0.15, 0.2) is 6.29 Å². The second kappa shape index (κ2) is 4.68. The minimum absolute atomic E-state index is 0.0102. The molecular weight excluding hydrogens is 246 g/mol. The first kappa shape index (κ1) is 13.6. The summed E-state index contributed by atoms with van der Waals surface area (Å²) in [6.07, 6.45) is 2.08. The monoisotopic (exact) mass is 265 g/mol. The van der Waals surface area contributed by atoms with Crippen LogP contribution in [-0.2, 0) is 17.8 Å². The molecule has 0 aliphatic carbocycles. The van der Waals surface area contributed by atoms with Crippen LogP contribution in [0.4, 0.5) is 4.79 Å². The molecule has 0 radical (unpaired) electrons. The van der Waals surface area contributed by atoms with Gasteiger partial charge in [0, 0.05) is 12.7 Å². The zero-order valence-electron chi connectivity index (χ0n) is 11.7. The molecule has 1 aromatic rings. The molecule has 104 valence electrons. The van der Waals surface area contributed by atoms with Crippen LogP contribution in [0.1, 0.15) is 44.0 Å². The summed E-state index contributed by atoms with van der Waals surface area (Å²) in [5, 5.41) is 0. The quantitative estimate of drug-likeness (QED) is 0.727. The van der Waals surface area contributed by atoms with Crippen LogP contribution in [0.15, 0.2) is 6.20 Å². The summed E-state index contributed by atoms with van der Waals surface area (Å²) in [5.41, 5.74) is -0.120. The number of rotatable bonds is 1. The molecule has 0 N–H and O–H groups in total. The summed E-state index contributed by atoms with van der Waals surface area (Å²) < 4.78 is 7.29. The van der Waals surface area contributed by atoms with Gasteiger partial charge in [0.2, 0.25) is 0 Å². The Morgan fingerprint density at radius 3 is 2.79 bits per heavy atom. The molecule has 0 saturated carbocycles. The first-order valence-electron chi connectivity index (χ1n) is 6.31. The normalized spacial score (nSPS) is 18.9. The number of hydrogen-bond acceptors (Lipinski definition) is 4. The van der Waals surface area contributed by atoms with E-state index in [1.54, 1.807) is 11.1 Å². The van der Waals surface area contributed by atoms with E-state index in [1.165, 1.54) is 0 Å². The lowest BCUT2D eigenvalue weighted by Gasteiger charge is -2.35. The number of nitrogens with zero attached hydrogens (tertiary/aromatic N) is 3. The molecule has 1 atom stereocenters. The molecule has 1 aliphatic rings. The molecule has 0 bridgehead atoms. The second-order valence-electron chi connectivity index (χ2n) is 5.81. The number of hydrogen-bond donors (Lipinski definition) is 0. The molecule has 6 nitrogen and oxygen atoms in total. The topological polar surface area (TPSA) is 64.4 Å². The van der Waals surface area contributed by atoms with Crippen LogP contribution in [-0.4, -0.2) is 38.5 Å². The van der Waals surface area contributed by atoms with Crippen LogP contribution < -0.4 is 0 Å². The van der Waals surface area contributed by atoms with Crippen molar-refractivity contribution in [2.24, 2.45) is 0 Å². The van der Waals surface area contributed by atoms with Crippen LogP contribution in [0, 0.1) is 0 Å². The van der Waals surface area contributed by atoms with Gasteiger partial charge in [0.05, 0.1) is 12.6 Å². The molecule has 2 heterocycles. The third-order valence-corrected chi connectivity index (χ3v) is 2.93. The highest BCUT2D eigenvalue weighted by Crippen LogP contribution is 2.20. The Labute approximate surface area is 112 Å². The van der Waals surface area contributed by atoms with Gasteiger partial charge in [0.1, 0.15) is 17.1 Å². The van der Waals surface area contributed by atoms with Gasteiger partial charge < -0.3 is 9.30 Å². The first-order chi connectivity index (χ1) is 8.80. The number of aromatic nitrogens is 2. The van der Waals surface area contributed by atoms with Crippen molar-refractivity contribution in [1.82, 2.24) is 14.5 Å². The molecule has 6 heteroatoms. The van der Waals surface area contributed by atoms with Crippen molar-refractivity contribution in [1.29, 1.82) is 0 Å². The maximum Gasteiger partial charge on any atom is 0.411 e. The number of ether oxygens (including phenoxy) is 1. The average Bonchev–Trinajstić information content (AvgIpc) is 2.67. The molecule has 0 spiro atoms. The van der Waals surface area contributed by atoms with Crippen molar-refractivity contribution >= 4 is 12.4 Å². The van der Waals surface area contributed by atoms with Gasteiger partial charge in [-0.2, -0.15) is 0 Å². The predicted octanol–water partition coefficient (Wildman–Crippen LogP) is 1.83. The molecule has 0 saturated heterocycles. The second-order valence-corrected chi connectivity index (χ2v) is 5.81. The number of fused-ring (bicyclic) bond motifs is 1. The van der Waals surface area contributed by atoms with E-state index >= 15 is 0 Å². The fourth-order valence-corrected chi connectivity index (χ4v) is 2.07. The number of imidazole rings is 1. The van der Waals surface area contributed by atoms with Crippen LogP contribution in [0.5, 0.6) is 0 Å². The standard InChI is InChI=1S/C13H19N3O3/c1-9-5-15-6-10(8-17)14-11(15)7-16(9)12(18)19-13(2,3)4/h6,8-9H,5,7H2,1-4H3. The van der Waals surface area contributed by atoms with E-state index in [9.17, 15) is 9.59 Å². The van der Waals surface area contributed by atoms with E-state index < -0.39 is 5.60 Å². The number of carbonyl (C=O) groups is 2. The Morgan fingerprint density at radius 2 is 2.21 bits per heavy atom. The van der Waals surface area contributed by atoms with Crippen molar-refractivity contribution in [3.05, 3.63) is 17.7 Å².